The quantitative estimate of drug-likeness (QED) is 0.316. The highest BCUT2D eigenvalue weighted by Gasteiger charge is 2.17. The van der Waals surface area contributed by atoms with Crippen LogP contribution >= 0.6 is 11.3 Å². The van der Waals surface area contributed by atoms with Gasteiger partial charge >= 0.3 is 0 Å². The number of pyridine rings is 3. The van der Waals surface area contributed by atoms with Crippen LogP contribution in [0.25, 0.3) is 55.2 Å². The van der Waals surface area contributed by atoms with Crippen molar-refractivity contribution in [3.63, 3.8) is 0 Å². The molecule has 0 radical (unpaired) electrons. The van der Waals surface area contributed by atoms with E-state index >= 15 is 0 Å². The highest BCUT2D eigenvalue weighted by molar-refractivity contribution is 7.17. The van der Waals surface area contributed by atoms with Gasteiger partial charge in [0.15, 0.2) is 5.78 Å². The van der Waals surface area contributed by atoms with Gasteiger partial charge in [-0.15, -0.1) is 11.3 Å². The lowest BCUT2D eigenvalue weighted by molar-refractivity contribution is 0.102. The number of carbonyl (C=O) groups excluding carboxylic acids is 1. The van der Waals surface area contributed by atoms with Crippen LogP contribution in [0.3, 0.4) is 0 Å². The molecule has 0 aliphatic carbocycles. The second kappa shape index (κ2) is 7.35. The first-order valence-corrected chi connectivity index (χ1v) is 11.0. The molecule has 6 heterocycles. The summed E-state index contributed by atoms with van der Waals surface area (Å²) in [7, 11) is 0. The zero-order valence-corrected chi connectivity index (χ0v) is 18.1. The number of nitrogens with zero attached hydrogens (tertiary/aromatic N) is 4. The third-order valence-electron chi connectivity index (χ3n) is 5.42. The average Bonchev–Trinajstić information content (AvgIpc) is 3.55. The van der Waals surface area contributed by atoms with Gasteiger partial charge in [-0.3, -0.25) is 19.9 Å². The summed E-state index contributed by atoms with van der Waals surface area (Å²) >= 11 is 1.43. The van der Waals surface area contributed by atoms with E-state index in [9.17, 15) is 9.90 Å². The molecular formula is C24H16N6O2S. The van der Waals surface area contributed by atoms with Gasteiger partial charge in [-0.05, 0) is 49.4 Å². The highest BCUT2D eigenvalue weighted by atomic mass is 32.1. The van der Waals surface area contributed by atoms with E-state index < -0.39 is 0 Å². The molecule has 0 aliphatic rings. The number of H-pyrrole nitrogens is 2. The fourth-order valence-electron chi connectivity index (χ4n) is 3.85. The van der Waals surface area contributed by atoms with Gasteiger partial charge in [-0.25, -0.2) is 4.98 Å². The van der Waals surface area contributed by atoms with Gasteiger partial charge in [-0.1, -0.05) is 0 Å². The van der Waals surface area contributed by atoms with Crippen molar-refractivity contribution in [3.05, 3.63) is 65.9 Å². The molecule has 3 N–H and O–H groups in total. The smallest absolute Gasteiger partial charge is 0.169 e. The van der Waals surface area contributed by atoms with E-state index in [2.05, 4.69) is 25.1 Å². The Hall–Kier alpha value is -4.37. The van der Waals surface area contributed by atoms with Gasteiger partial charge in [0.2, 0.25) is 0 Å². The van der Waals surface area contributed by atoms with Crippen LogP contribution in [-0.2, 0) is 0 Å². The third kappa shape index (κ3) is 3.26. The summed E-state index contributed by atoms with van der Waals surface area (Å²) in [6.07, 6.45) is 4.79. The Kier molecular flexibility index (Phi) is 4.30. The van der Waals surface area contributed by atoms with Crippen LogP contribution in [0, 0.1) is 0 Å². The van der Waals surface area contributed by atoms with Gasteiger partial charge in [0.25, 0.3) is 0 Å². The second-order valence-corrected chi connectivity index (χ2v) is 8.70. The van der Waals surface area contributed by atoms with Crippen molar-refractivity contribution in [1.29, 1.82) is 0 Å². The zero-order chi connectivity index (χ0) is 22.5. The van der Waals surface area contributed by atoms with Gasteiger partial charge < -0.3 is 10.1 Å². The monoisotopic (exact) mass is 452 g/mol. The van der Waals surface area contributed by atoms with Crippen molar-refractivity contribution >= 4 is 39.1 Å². The molecule has 0 saturated heterocycles. The number of ketones is 1. The normalized spacial score (nSPS) is 11.4. The standard InChI is InChI=1S/C24H16N6O2S/c1-12(31)20-4-5-21(33-20)22-15-9-19(27-17(15)6-7-26-22)24-23-18(29-30-24)3-2-16(28-23)13-8-14(32)11-25-10-13/h2-11,27,32H,1H3,(H,29,30). The minimum atomic E-state index is 0.0417. The molecule has 0 amide bonds. The Balaban J connectivity index is 1.48. The number of aromatic hydroxyl groups is 1. The summed E-state index contributed by atoms with van der Waals surface area (Å²) in [6, 6.07) is 13.1. The van der Waals surface area contributed by atoms with E-state index in [1.165, 1.54) is 17.5 Å². The molecule has 160 valence electrons. The summed E-state index contributed by atoms with van der Waals surface area (Å²) in [5.74, 6) is 0.124. The molecule has 0 bridgehead atoms. The molecule has 0 spiro atoms. The molecule has 0 fully saturated rings. The van der Waals surface area contributed by atoms with E-state index in [1.54, 1.807) is 25.4 Å². The number of Topliss-reactive ketones (excluding diaryl/α,β-unsaturated/α-hetero) is 1. The maximum atomic E-state index is 11.7. The van der Waals surface area contributed by atoms with Crippen LogP contribution in [0.4, 0.5) is 0 Å². The molecule has 8 nitrogen and oxygen atoms in total. The minimum Gasteiger partial charge on any atom is -0.506 e. The first-order valence-electron chi connectivity index (χ1n) is 10.2. The minimum absolute atomic E-state index is 0.0417. The van der Waals surface area contributed by atoms with E-state index in [0.717, 1.165) is 32.7 Å². The van der Waals surface area contributed by atoms with E-state index in [1.807, 2.05) is 36.4 Å². The molecule has 0 aliphatic heterocycles. The Morgan fingerprint density at radius 1 is 1.03 bits per heavy atom. The van der Waals surface area contributed by atoms with Gasteiger partial charge in [0, 0.05) is 28.9 Å². The lowest BCUT2D eigenvalue weighted by atomic mass is 10.1. The van der Waals surface area contributed by atoms with Crippen LogP contribution in [0.5, 0.6) is 5.75 Å². The lowest BCUT2D eigenvalue weighted by Gasteiger charge is -2.01. The van der Waals surface area contributed by atoms with E-state index in [0.29, 0.717) is 27.3 Å². The van der Waals surface area contributed by atoms with E-state index in [4.69, 9.17) is 4.98 Å². The van der Waals surface area contributed by atoms with Crippen molar-refractivity contribution in [2.45, 2.75) is 6.92 Å². The molecule has 0 saturated carbocycles. The first-order chi connectivity index (χ1) is 16.1. The number of aromatic nitrogens is 6. The molecule has 0 aromatic carbocycles. The van der Waals surface area contributed by atoms with Gasteiger partial charge in [0.1, 0.15) is 17.0 Å². The maximum Gasteiger partial charge on any atom is 0.169 e. The SMILES string of the molecule is CC(=O)c1ccc(-c2nccc3[nH]c(-c4n[nH]c5ccc(-c6cncc(O)c6)nc45)cc23)s1. The molecule has 33 heavy (non-hydrogen) atoms. The number of nitrogens with one attached hydrogen (secondary N) is 2. The van der Waals surface area contributed by atoms with Crippen molar-refractivity contribution in [2.75, 3.05) is 0 Å². The summed E-state index contributed by atoms with van der Waals surface area (Å²) < 4.78 is 0. The number of rotatable bonds is 4. The Labute approximate surface area is 191 Å². The number of aromatic amines is 2. The predicted molar refractivity (Wildman–Crippen MR) is 127 cm³/mol. The maximum absolute atomic E-state index is 11.7. The number of thiophene rings is 1. The molecular weight excluding hydrogens is 436 g/mol. The molecule has 0 atom stereocenters. The van der Waals surface area contributed by atoms with Crippen molar-refractivity contribution in [3.8, 4) is 39.0 Å². The number of hydrogen-bond acceptors (Lipinski definition) is 7. The van der Waals surface area contributed by atoms with Crippen LogP contribution < -0.4 is 0 Å². The topological polar surface area (TPSA) is 120 Å². The fraction of sp³-hybridized carbons (Fsp3) is 0.0417. The van der Waals surface area contributed by atoms with Gasteiger partial charge in [-0.2, -0.15) is 5.10 Å². The lowest BCUT2D eigenvalue weighted by Crippen LogP contribution is -1.86. The summed E-state index contributed by atoms with van der Waals surface area (Å²) in [6.45, 7) is 1.56. The first kappa shape index (κ1) is 19.3. The van der Waals surface area contributed by atoms with Crippen LogP contribution in [0.2, 0.25) is 0 Å². The highest BCUT2D eigenvalue weighted by Crippen LogP contribution is 2.35. The van der Waals surface area contributed by atoms with E-state index in [-0.39, 0.29) is 11.5 Å². The average molecular weight is 452 g/mol. The molecule has 6 aromatic rings. The van der Waals surface area contributed by atoms with Crippen LogP contribution in [0.1, 0.15) is 16.6 Å². The van der Waals surface area contributed by atoms with Gasteiger partial charge in [0.05, 0.1) is 38.5 Å². The third-order valence-corrected chi connectivity index (χ3v) is 6.61. The largest absolute Gasteiger partial charge is 0.506 e. The molecule has 9 heteroatoms. The molecule has 6 rings (SSSR count). The summed E-state index contributed by atoms with van der Waals surface area (Å²) in [5, 5.41) is 18.2. The second-order valence-electron chi connectivity index (χ2n) is 7.62. The Bertz CT molecular complexity index is 1680. The summed E-state index contributed by atoms with van der Waals surface area (Å²) in [5.41, 5.74) is 6.10. The van der Waals surface area contributed by atoms with Crippen molar-refractivity contribution in [2.24, 2.45) is 0 Å². The van der Waals surface area contributed by atoms with Crippen molar-refractivity contribution in [1.82, 2.24) is 30.1 Å². The number of carbonyl (C=O) groups is 1. The number of fused-ring (bicyclic) bond motifs is 2. The Morgan fingerprint density at radius 2 is 1.94 bits per heavy atom. The zero-order valence-electron chi connectivity index (χ0n) is 17.3. The summed E-state index contributed by atoms with van der Waals surface area (Å²) in [4.78, 5) is 30.2. The Morgan fingerprint density at radius 3 is 2.76 bits per heavy atom. The molecule has 6 aromatic heterocycles. The van der Waals surface area contributed by atoms with Crippen LogP contribution in [-0.4, -0.2) is 41.0 Å². The van der Waals surface area contributed by atoms with Crippen molar-refractivity contribution < 1.29 is 9.90 Å². The predicted octanol–water partition coefficient (Wildman–Crippen LogP) is 5.20. The number of hydrogen-bond donors (Lipinski definition) is 3. The molecule has 0 unspecified atom stereocenters. The fourth-order valence-corrected chi connectivity index (χ4v) is 4.76. The van der Waals surface area contributed by atoms with Crippen LogP contribution in [0.15, 0.2) is 61.1 Å².